The van der Waals surface area contributed by atoms with E-state index in [1.165, 1.54) is 0 Å². The highest BCUT2D eigenvalue weighted by Gasteiger charge is 2.18. The molecule has 1 aromatic carbocycles. The first kappa shape index (κ1) is 8.30. The molecule has 1 aromatic rings. The van der Waals surface area contributed by atoms with E-state index in [0.717, 1.165) is 31.5 Å². The Morgan fingerprint density at radius 2 is 1.69 bits per heavy atom. The van der Waals surface area contributed by atoms with Crippen molar-refractivity contribution in [3.63, 3.8) is 0 Å². The van der Waals surface area contributed by atoms with Gasteiger partial charge in [-0.1, -0.05) is 18.2 Å². The summed E-state index contributed by atoms with van der Waals surface area (Å²) in [5, 5.41) is 0. The van der Waals surface area contributed by atoms with Crippen LogP contribution in [0.1, 0.15) is 23.2 Å². The third-order valence-electron chi connectivity index (χ3n) is 2.41. The number of rotatable bonds is 1. The molecule has 0 radical (unpaired) electrons. The van der Waals surface area contributed by atoms with E-state index >= 15 is 0 Å². The molecule has 0 aromatic heterocycles. The summed E-state index contributed by atoms with van der Waals surface area (Å²) in [7, 11) is 0. The van der Waals surface area contributed by atoms with Gasteiger partial charge in [0.05, 0.1) is 0 Å². The van der Waals surface area contributed by atoms with Gasteiger partial charge in [0.15, 0.2) is 0 Å². The van der Waals surface area contributed by atoms with Crippen molar-refractivity contribution in [1.29, 1.82) is 0 Å². The fraction of sp³-hybridized carbons (Fsp3) is 0.364. The average Bonchev–Trinajstić information content (AvgIpc) is 2.71. The van der Waals surface area contributed by atoms with Gasteiger partial charge < -0.3 is 4.90 Å². The van der Waals surface area contributed by atoms with E-state index in [4.69, 9.17) is 0 Å². The van der Waals surface area contributed by atoms with Gasteiger partial charge >= 0.3 is 0 Å². The Morgan fingerprint density at radius 1 is 1.08 bits per heavy atom. The monoisotopic (exact) mass is 175 g/mol. The number of hydrogen-bond donors (Lipinski definition) is 0. The lowest BCUT2D eigenvalue weighted by Gasteiger charge is -2.14. The van der Waals surface area contributed by atoms with Crippen molar-refractivity contribution in [2.45, 2.75) is 12.8 Å². The van der Waals surface area contributed by atoms with E-state index < -0.39 is 0 Å². The number of carbonyl (C=O) groups excluding carboxylic acids is 1. The normalized spacial score (nSPS) is 16.2. The quantitative estimate of drug-likeness (QED) is 0.638. The van der Waals surface area contributed by atoms with E-state index in [1.54, 1.807) is 0 Å². The van der Waals surface area contributed by atoms with Gasteiger partial charge in [-0.15, -0.1) is 0 Å². The van der Waals surface area contributed by atoms with Crippen molar-refractivity contribution in [2.75, 3.05) is 13.1 Å². The SMILES string of the molecule is O=C(c1ccccc1)N1CCCC1. The molecule has 0 aliphatic carbocycles. The van der Waals surface area contributed by atoms with Crippen LogP contribution in [-0.2, 0) is 0 Å². The van der Waals surface area contributed by atoms with Crippen molar-refractivity contribution >= 4 is 5.91 Å². The lowest BCUT2D eigenvalue weighted by molar-refractivity contribution is 0.0793. The van der Waals surface area contributed by atoms with Crippen LogP contribution in [0.5, 0.6) is 0 Å². The van der Waals surface area contributed by atoms with Gasteiger partial charge in [0.25, 0.3) is 5.91 Å². The zero-order valence-corrected chi connectivity index (χ0v) is 7.57. The summed E-state index contributed by atoms with van der Waals surface area (Å²) in [6.45, 7) is 1.85. The van der Waals surface area contributed by atoms with E-state index in [9.17, 15) is 4.79 Å². The summed E-state index contributed by atoms with van der Waals surface area (Å²) in [6.07, 6.45) is 2.30. The van der Waals surface area contributed by atoms with Crippen molar-refractivity contribution in [1.82, 2.24) is 4.90 Å². The molecule has 2 heteroatoms. The molecule has 1 saturated heterocycles. The molecule has 1 amide bonds. The van der Waals surface area contributed by atoms with E-state index in [1.807, 2.05) is 35.2 Å². The summed E-state index contributed by atoms with van der Waals surface area (Å²) >= 11 is 0. The molecule has 0 unspecified atom stereocenters. The number of amides is 1. The number of benzene rings is 1. The largest absolute Gasteiger partial charge is 0.339 e. The van der Waals surface area contributed by atoms with Gasteiger partial charge in [-0.25, -0.2) is 0 Å². The molecule has 68 valence electrons. The molecule has 1 aliphatic heterocycles. The van der Waals surface area contributed by atoms with Crippen LogP contribution in [-0.4, -0.2) is 23.9 Å². The first-order chi connectivity index (χ1) is 6.38. The Bertz CT molecular complexity index is 288. The van der Waals surface area contributed by atoms with E-state index in [2.05, 4.69) is 0 Å². The fourth-order valence-electron chi connectivity index (χ4n) is 1.68. The molecular formula is C11H13NO. The predicted octanol–water partition coefficient (Wildman–Crippen LogP) is 1.92. The molecular weight excluding hydrogens is 162 g/mol. The number of nitrogens with zero attached hydrogens (tertiary/aromatic N) is 1. The molecule has 2 rings (SSSR count). The van der Waals surface area contributed by atoms with Crippen LogP contribution in [0.3, 0.4) is 0 Å². The van der Waals surface area contributed by atoms with Crippen LogP contribution in [0.25, 0.3) is 0 Å². The number of carbonyl (C=O) groups is 1. The molecule has 0 saturated carbocycles. The van der Waals surface area contributed by atoms with Gasteiger partial charge in [-0.05, 0) is 25.0 Å². The molecule has 1 aliphatic rings. The van der Waals surface area contributed by atoms with E-state index in [0.29, 0.717) is 0 Å². The van der Waals surface area contributed by atoms with Gasteiger partial charge in [0.1, 0.15) is 0 Å². The predicted molar refractivity (Wildman–Crippen MR) is 51.6 cm³/mol. The summed E-state index contributed by atoms with van der Waals surface area (Å²) < 4.78 is 0. The first-order valence-electron chi connectivity index (χ1n) is 4.72. The van der Waals surface area contributed by atoms with Gasteiger partial charge in [0, 0.05) is 18.7 Å². The van der Waals surface area contributed by atoms with Crippen LogP contribution in [0, 0.1) is 0 Å². The molecule has 0 N–H and O–H groups in total. The molecule has 2 nitrogen and oxygen atoms in total. The molecule has 0 spiro atoms. The van der Waals surface area contributed by atoms with Crippen LogP contribution < -0.4 is 0 Å². The van der Waals surface area contributed by atoms with Crippen molar-refractivity contribution in [3.05, 3.63) is 35.9 Å². The maximum Gasteiger partial charge on any atom is 0.253 e. The summed E-state index contributed by atoms with van der Waals surface area (Å²) in [5.74, 6) is 0.179. The lowest BCUT2D eigenvalue weighted by atomic mass is 10.2. The molecule has 13 heavy (non-hydrogen) atoms. The lowest BCUT2D eigenvalue weighted by Crippen LogP contribution is -2.27. The summed E-state index contributed by atoms with van der Waals surface area (Å²) in [6, 6.07) is 9.49. The second-order valence-electron chi connectivity index (χ2n) is 3.37. The third-order valence-corrected chi connectivity index (χ3v) is 2.41. The maximum absolute atomic E-state index is 11.8. The van der Waals surface area contributed by atoms with Crippen LogP contribution in [0.15, 0.2) is 30.3 Å². The van der Waals surface area contributed by atoms with Crippen LogP contribution in [0.4, 0.5) is 0 Å². The Hall–Kier alpha value is -1.31. The van der Waals surface area contributed by atoms with Gasteiger partial charge in [0.2, 0.25) is 0 Å². The van der Waals surface area contributed by atoms with Crippen molar-refractivity contribution in [3.8, 4) is 0 Å². The topological polar surface area (TPSA) is 20.3 Å². The third kappa shape index (κ3) is 1.72. The Balaban J connectivity index is 2.13. The van der Waals surface area contributed by atoms with Crippen LogP contribution in [0.2, 0.25) is 0 Å². The van der Waals surface area contributed by atoms with E-state index in [-0.39, 0.29) is 5.91 Å². The minimum Gasteiger partial charge on any atom is -0.339 e. The summed E-state index contributed by atoms with van der Waals surface area (Å²) in [4.78, 5) is 13.7. The standard InChI is InChI=1S/C11H13NO/c13-11(12-8-4-5-9-12)10-6-2-1-3-7-10/h1-3,6-7H,4-5,8-9H2. The molecule has 0 bridgehead atoms. The Labute approximate surface area is 78.2 Å². The fourth-order valence-corrected chi connectivity index (χ4v) is 1.68. The Morgan fingerprint density at radius 3 is 2.31 bits per heavy atom. The summed E-state index contributed by atoms with van der Waals surface area (Å²) in [5.41, 5.74) is 0.810. The number of likely N-dealkylation sites (tertiary alicyclic amines) is 1. The van der Waals surface area contributed by atoms with Gasteiger partial charge in [-0.3, -0.25) is 4.79 Å². The second-order valence-corrected chi connectivity index (χ2v) is 3.37. The minimum atomic E-state index is 0.179. The minimum absolute atomic E-state index is 0.179. The van der Waals surface area contributed by atoms with Crippen LogP contribution >= 0.6 is 0 Å². The van der Waals surface area contributed by atoms with Crippen molar-refractivity contribution in [2.24, 2.45) is 0 Å². The average molecular weight is 175 g/mol. The highest BCUT2D eigenvalue weighted by molar-refractivity contribution is 5.94. The number of hydrogen-bond acceptors (Lipinski definition) is 1. The molecule has 0 atom stereocenters. The highest BCUT2D eigenvalue weighted by Crippen LogP contribution is 2.12. The maximum atomic E-state index is 11.8. The first-order valence-corrected chi connectivity index (χ1v) is 4.72. The highest BCUT2D eigenvalue weighted by atomic mass is 16.2. The Kier molecular flexibility index (Phi) is 2.30. The zero-order chi connectivity index (χ0) is 9.10. The molecule has 1 fully saturated rings. The molecule has 1 heterocycles. The van der Waals surface area contributed by atoms with Crippen molar-refractivity contribution < 1.29 is 4.79 Å². The van der Waals surface area contributed by atoms with Gasteiger partial charge in [-0.2, -0.15) is 0 Å². The second kappa shape index (κ2) is 3.60. The zero-order valence-electron chi connectivity index (χ0n) is 7.57. The smallest absolute Gasteiger partial charge is 0.253 e.